The Morgan fingerprint density at radius 1 is 1.05 bits per heavy atom. The van der Waals surface area contributed by atoms with Crippen molar-refractivity contribution < 1.29 is 0 Å². The summed E-state index contributed by atoms with van der Waals surface area (Å²) >= 11 is 1.92. The van der Waals surface area contributed by atoms with Gasteiger partial charge in [0.15, 0.2) is 0 Å². The third-order valence-corrected chi connectivity index (χ3v) is 3.47. The van der Waals surface area contributed by atoms with Crippen molar-refractivity contribution in [3.63, 3.8) is 0 Å². The number of hydrogen-bond donors (Lipinski definition) is 2. The number of aromatic nitrogens is 2. The maximum atomic E-state index is 4.50. The van der Waals surface area contributed by atoms with Crippen molar-refractivity contribution in [2.75, 3.05) is 35.7 Å². The van der Waals surface area contributed by atoms with Gasteiger partial charge in [-0.05, 0) is 31.8 Å². The van der Waals surface area contributed by atoms with Crippen LogP contribution in [-0.4, -0.2) is 35.1 Å². The van der Waals surface area contributed by atoms with Crippen molar-refractivity contribution >= 4 is 23.4 Å². The molecule has 19 heavy (non-hydrogen) atoms. The number of nitrogens with zero attached hydrogens (tertiary/aromatic N) is 2. The van der Waals surface area contributed by atoms with Crippen molar-refractivity contribution in [2.45, 2.75) is 39.5 Å². The number of aryl methyl sites for hydroxylation is 1. The van der Waals surface area contributed by atoms with E-state index in [0.29, 0.717) is 0 Å². The molecule has 1 rings (SSSR count). The summed E-state index contributed by atoms with van der Waals surface area (Å²) in [6.45, 7) is 6.03. The molecule has 0 radical (unpaired) electrons. The fourth-order valence-electron chi connectivity index (χ4n) is 1.78. The Morgan fingerprint density at radius 2 is 1.79 bits per heavy atom. The maximum Gasteiger partial charge on any atom is 0.132 e. The van der Waals surface area contributed by atoms with Crippen molar-refractivity contribution in [2.24, 2.45) is 0 Å². The molecule has 1 heterocycles. The van der Waals surface area contributed by atoms with Crippen LogP contribution >= 0.6 is 11.8 Å². The molecular formula is C14H26N4S. The molecule has 0 spiro atoms. The smallest absolute Gasteiger partial charge is 0.132 e. The summed E-state index contributed by atoms with van der Waals surface area (Å²) in [6, 6.07) is 1.99. The van der Waals surface area contributed by atoms with E-state index in [2.05, 4.69) is 40.7 Å². The first kappa shape index (κ1) is 16.1. The van der Waals surface area contributed by atoms with Crippen molar-refractivity contribution in [3.8, 4) is 0 Å². The minimum absolute atomic E-state index is 0.863. The van der Waals surface area contributed by atoms with Gasteiger partial charge in [-0.1, -0.05) is 13.3 Å². The van der Waals surface area contributed by atoms with Gasteiger partial charge in [-0.15, -0.1) is 0 Å². The molecule has 108 valence electrons. The Bertz CT molecular complexity index is 357. The van der Waals surface area contributed by atoms with E-state index in [4.69, 9.17) is 0 Å². The molecule has 0 bridgehead atoms. The topological polar surface area (TPSA) is 49.8 Å². The predicted octanol–water partition coefficient (Wildman–Crippen LogP) is 3.42. The highest BCUT2D eigenvalue weighted by molar-refractivity contribution is 7.98. The number of hydrogen-bond acceptors (Lipinski definition) is 5. The predicted molar refractivity (Wildman–Crippen MR) is 86.3 cm³/mol. The van der Waals surface area contributed by atoms with Crippen LogP contribution in [0, 0.1) is 0 Å². The number of thioether (sulfide) groups is 1. The highest BCUT2D eigenvalue weighted by Crippen LogP contribution is 2.12. The van der Waals surface area contributed by atoms with Gasteiger partial charge in [-0.3, -0.25) is 0 Å². The molecule has 0 aliphatic heterocycles. The monoisotopic (exact) mass is 282 g/mol. The Labute approximate surface area is 121 Å². The van der Waals surface area contributed by atoms with E-state index in [-0.39, 0.29) is 0 Å². The van der Waals surface area contributed by atoms with Gasteiger partial charge in [0.25, 0.3) is 0 Å². The average Bonchev–Trinajstić information content (AvgIpc) is 2.43. The van der Waals surface area contributed by atoms with Crippen LogP contribution in [0.2, 0.25) is 0 Å². The molecule has 0 aliphatic carbocycles. The minimum Gasteiger partial charge on any atom is -0.370 e. The SMILES string of the molecule is CCNc1cc(NCCCCCSC)nc(CC)n1. The van der Waals surface area contributed by atoms with Crippen LogP contribution < -0.4 is 10.6 Å². The molecule has 0 aromatic carbocycles. The van der Waals surface area contributed by atoms with Gasteiger partial charge in [-0.2, -0.15) is 11.8 Å². The first-order valence-corrected chi connectivity index (χ1v) is 8.54. The Morgan fingerprint density at radius 3 is 2.42 bits per heavy atom. The van der Waals surface area contributed by atoms with Crippen molar-refractivity contribution in [3.05, 3.63) is 11.9 Å². The molecule has 0 saturated carbocycles. The molecule has 2 N–H and O–H groups in total. The zero-order valence-corrected chi connectivity index (χ0v) is 13.1. The summed E-state index contributed by atoms with van der Waals surface area (Å²) in [5.41, 5.74) is 0. The lowest BCUT2D eigenvalue weighted by Gasteiger charge is -2.10. The van der Waals surface area contributed by atoms with Crippen molar-refractivity contribution in [1.29, 1.82) is 0 Å². The molecule has 1 aromatic heterocycles. The van der Waals surface area contributed by atoms with Gasteiger partial charge in [0, 0.05) is 25.6 Å². The zero-order valence-electron chi connectivity index (χ0n) is 12.3. The average molecular weight is 282 g/mol. The fourth-order valence-corrected chi connectivity index (χ4v) is 2.27. The summed E-state index contributed by atoms with van der Waals surface area (Å²) < 4.78 is 0. The van der Waals surface area contributed by atoms with Crippen LogP contribution in [0.3, 0.4) is 0 Å². The number of unbranched alkanes of at least 4 members (excludes halogenated alkanes) is 2. The summed E-state index contributed by atoms with van der Waals surface area (Å²) in [5.74, 6) is 4.01. The molecule has 0 unspecified atom stereocenters. The van der Waals surface area contributed by atoms with Gasteiger partial charge < -0.3 is 10.6 Å². The van der Waals surface area contributed by atoms with E-state index >= 15 is 0 Å². The molecule has 0 amide bonds. The number of rotatable bonds is 10. The van der Waals surface area contributed by atoms with E-state index in [0.717, 1.165) is 37.0 Å². The quantitative estimate of drug-likeness (QED) is 0.644. The highest BCUT2D eigenvalue weighted by Gasteiger charge is 2.02. The molecule has 0 fully saturated rings. The van der Waals surface area contributed by atoms with E-state index in [9.17, 15) is 0 Å². The lowest BCUT2D eigenvalue weighted by Crippen LogP contribution is -2.08. The van der Waals surface area contributed by atoms with E-state index in [1.165, 1.54) is 25.0 Å². The van der Waals surface area contributed by atoms with Gasteiger partial charge >= 0.3 is 0 Å². The highest BCUT2D eigenvalue weighted by atomic mass is 32.2. The van der Waals surface area contributed by atoms with Gasteiger partial charge in [0.1, 0.15) is 17.5 Å². The number of anilines is 2. The van der Waals surface area contributed by atoms with Crippen LogP contribution in [0.15, 0.2) is 6.07 Å². The second-order valence-corrected chi connectivity index (χ2v) is 5.40. The van der Waals surface area contributed by atoms with Crippen LogP contribution in [0.4, 0.5) is 11.6 Å². The third kappa shape index (κ3) is 6.66. The molecule has 1 aromatic rings. The standard InChI is InChI=1S/C14H26N4S/c1-4-12-17-13(15-5-2)11-14(18-12)16-9-7-6-8-10-19-3/h11H,4-10H2,1-3H3,(H2,15,16,17,18). The molecule has 0 aliphatic rings. The lowest BCUT2D eigenvalue weighted by molar-refractivity contribution is 0.747. The summed E-state index contributed by atoms with van der Waals surface area (Å²) in [4.78, 5) is 8.95. The van der Waals surface area contributed by atoms with E-state index in [1.54, 1.807) is 0 Å². The molecule has 4 nitrogen and oxygen atoms in total. The second kappa shape index (κ2) is 9.89. The van der Waals surface area contributed by atoms with Gasteiger partial charge in [0.05, 0.1) is 0 Å². The maximum absolute atomic E-state index is 4.50. The minimum atomic E-state index is 0.863. The largest absolute Gasteiger partial charge is 0.370 e. The molecular weight excluding hydrogens is 256 g/mol. The normalized spacial score (nSPS) is 10.5. The Balaban J connectivity index is 2.41. The lowest BCUT2D eigenvalue weighted by atomic mass is 10.2. The van der Waals surface area contributed by atoms with E-state index in [1.807, 2.05) is 17.8 Å². The van der Waals surface area contributed by atoms with Gasteiger partial charge in [0.2, 0.25) is 0 Å². The third-order valence-electron chi connectivity index (χ3n) is 2.78. The van der Waals surface area contributed by atoms with Crippen LogP contribution in [-0.2, 0) is 6.42 Å². The Kier molecular flexibility index (Phi) is 8.38. The van der Waals surface area contributed by atoms with Crippen molar-refractivity contribution in [1.82, 2.24) is 9.97 Å². The first-order valence-electron chi connectivity index (χ1n) is 7.14. The fraction of sp³-hybridized carbons (Fsp3) is 0.714. The summed E-state index contributed by atoms with van der Waals surface area (Å²) in [5, 5.41) is 6.64. The number of nitrogens with one attached hydrogen (secondary N) is 2. The molecule has 0 saturated heterocycles. The summed E-state index contributed by atoms with van der Waals surface area (Å²) in [7, 11) is 0. The van der Waals surface area contributed by atoms with E-state index < -0.39 is 0 Å². The van der Waals surface area contributed by atoms with Crippen LogP contribution in [0.5, 0.6) is 0 Å². The first-order chi connectivity index (χ1) is 9.30. The zero-order chi connectivity index (χ0) is 13.9. The van der Waals surface area contributed by atoms with Gasteiger partial charge in [-0.25, -0.2) is 9.97 Å². The van der Waals surface area contributed by atoms with Crippen LogP contribution in [0.1, 0.15) is 38.9 Å². The summed E-state index contributed by atoms with van der Waals surface area (Å²) in [6.07, 6.45) is 6.80. The molecule has 5 heteroatoms. The Hall–Kier alpha value is -0.970. The second-order valence-electron chi connectivity index (χ2n) is 4.42. The van der Waals surface area contributed by atoms with Crippen LogP contribution in [0.25, 0.3) is 0 Å². The molecule has 0 atom stereocenters.